The van der Waals surface area contributed by atoms with E-state index in [1.54, 1.807) is 0 Å². The van der Waals surface area contributed by atoms with Crippen molar-refractivity contribution in [2.24, 2.45) is 0 Å². The van der Waals surface area contributed by atoms with Crippen LogP contribution in [0.3, 0.4) is 0 Å². The van der Waals surface area contributed by atoms with Crippen molar-refractivity contribution >= 4 is 54.8 Å². The zero-order valence-corrected chi connectivity index (χ0v) is 13.7. The van der Waals surface area contributed by atoms with Crippen molar-refractivity contribution in [3.05, 3.63) is 77.8 Å². The van der Waals surface area contributed by atoms with Gasteiger partial charge in [0.15, 0.2) is 0 Å². The number of thiophene rings is 1. The fourth-order valence-corrected chi connectivity index (χ4v) is 4.65. The number of benzene rings is 3. The monoisotopic (exact) mass is 333 g/mol. The number of nitrogens with zero attached hydrogens (tertiary/aromatic N) is 1. The summed E-state index contributed by atoms with van der Waals surface area (Å²) in [6.07, 6.45) is 0. The van der Waals surface area contributed by atoms with Crippen LogP contribution in [0.4, 0.5) is 0 Å². The summed E-state index contributed by atoms with van der Waals surface area (Å²) in [6.45, 7) is 0. The minimum absolute atomic E-state index is 0.804. The minimum Gasteiger partial charge on any atom is -0.301 e. The Labute approximate surface area is 142 Å². The van der Waals surface area contributed by atoms with E-state index in [1.165, 1.54) is 26.0 Å². The van der Waals surface area contributed by atoms with Gasteiger partial charge in [-0.05, 0) is 35.7 Å². The highest BCUT2D eigenvalue weighted by molar-refractivity contribution is 7.21. The van der Waals surface area contributed by atoms with Crippen molar-refractivity contribution in [3.63, 3.8) is 0 Å². The summed E-state index contributed by atoms with van der Waals surface area (Å²) >= 11 is 8.32. The standard InChI is InChI=1S/C20H12ClNS/c21-15-8-5-10-17-20(15)14-7-2-3-9-16(14)22(17)19-12-13-6-1-4-11-18(13)23-19/h1-12H. The lowest BCUT2D eigenvalue weighted by Gasteiger charge is -2.03. The molecular weight excluding hydrogens is 322 g/mol. The number of para-hydroxylation sites is 1. The summed E-state index contributed by atoms with van der Waals surface area (Å²) in [7, 11) is 0. The van der Waals surface area contributed by atoms with Crippen LogP contribution in [-0.2, 0) is 0 Å². The molecular formula is C20H12ClNS. The average Bonchev–Trinajstić information content (AvgIpc) is 3.13. The first-order valence-corrected chi connectivity index (χ1v) is 8.69. The second kappa shape index (κ2) is 4.85. The van der Waals surface area contributed by atoms with Gasteiger partial charge >= 0.3 is 0 Å². The molecule has 0 atom stereocenters. The Kier molecular flexibility index (Phi) is 2.78. The molecule has 0 amide bonds. The molecule has 5 rings (SSSR count). The Morgan fingerprint density at radius 2 is 1.57 bits per heavy atom. The molecule has 1 nitrogen and oxygen atoms in total. The van der Waals surface area contributed by atoms with Gasteiger partial charge in [-0.1, -0.05) is 54.1 Å². The third kappa shape index (κ3) is 1.86. The molecule has 0 bridgehead atoms. The van der Waals surface area contributed by atoms with E-state index in [-0.39, 0.29) is 0 Å². The zero-order valence-electron chi connectivity index (χ0n) is 12.2. The van der Waals surface area contributed by atoms with Gasteiger partial charge in [0.05, 0.1) is 16.1 Å². The molecule has 2 aromatic heterocycles. The van der Waals surface area contributed by atoms with Crippen molar-refractivity contribution in [2.75, 3.05) is 0 Å². The van der Waals surface area contributed by atoms with Crippen molar-refractivity contribution in [1.82, 2.24) is 4.57 Å². The molecule has 0 aliphatic rings. The van der Waals surface area contributed by atoms with E-state index in [0.29, 0.717) is 0 Å². The third-order valence-corrected chi connectivity index (χ3v) is 5.70. The third-order valence-electron chi connectivity index (χ3n) is 4.28. The molecule has 0 aliphatic carbocycles. The molecule has 23 heavy (non-hydrogen) atoms. The maximum Gasteiger partial charge on any atom is 0.101 e. The van der Waals surface area contributed by atoms with Crippen LogP contribution < -0.4 is 0 Å². The Hall–Kier alpha value is -2.29. The van der Waals surface area contributed by atoms with Crippen LogP contribution in [0, 0.1) is 0 Å². The van der Waals surface area contributed by atoms with Gasteiger partial charge in [0.25, 0.3) is 0 Å². The van der Waals surface area contributed by atoms with Gasteiger partial charge in [-0.15, -0.1) is 11.3 Å². The summed E-state index contributed by atoms with van der Waals surface area (Å²) < 4.78 is 3.62. The highest BCUT2D eigenvalue weighted by Crippen LogP contribution is 2.39. The molecule has 5 aromatic rings. The molecule has 0 unspecified atom stereocenters. The van der Waals surface area contributed by atoms with E-state index in [0.717, 1.165) is 15.9 Å². The summed E-state index contributed by atoms with van der Waals surface area (Å²) in [5.74, 6) is 0. The van der Waals surface area contributed by atoms with Crippen LogP contribution in [0.2, 0.25) is 5.02 Å². The largest absolute Gasteiger partial charge is 0.301 e. The first kappa shape index (κ1) is 13.2. The highest BCUT2D eigenvalue weighted by atomic mass is 35.5. The van der Waals surface area contributed by atoms with Crippen molar-refractivity contribution in [2.45, 2.75) is 0 Å². The van der Waals surface area contributed by atoms with Crippen molar-refractivity contribution in [1.29, 1.82) is 0 Å². The second-order valence-corrected chi connectivity index (χ2v) is 7.08. The molecule has 0 fully saturated rings. The molecule has 0 saturated heterocycles. The molecule has 0 saturated carbocycles. The van der Waals surface area contributed by atoms with Crippen LogP contribution in [-0.4, -0.2) is 4.57 Å². The van der Waals surface area contributed by atoms with Crippen LogP contribution in [0.25, 0.3) is 36.9 Å². The van der Waals surface area contributed by atoms with Gasteiger partial charge in [0, 0.05) is 15.5 Å². The predicted octanol–water partition coefficient (Wildman–Crippen LogP) is 6.65. The van der Waals surface area contributed by atoms with E-state index in [2.05, 4.69) is 65.2 Å². The van der Waals surface area contributed by atoms with E-state index >= 15 is 0 Å². The molecule has 0 aliphatic heterocycles. The Bertz CT molecular complexity index is 1150. The van der Waals surface area contributed by atoms with E-state index in [9.17, 15) is 0 Å². The smallest absolute Gasteiger partial charge is 0.101 e. The van der Waals surface area contributed by atoms with Crippen molar-refractivity contribution in [3.8, 4) is 5.00 Å². The SMILES string of the molecule is Clc1cccc2c1c1ccccc1n2-c1cc2ccccc2s1. The predicted molar refractivity (Wildman–Crippen MR) is 101 cm³/mol. The maximum absolute atomic E-state index is 6.51. The number of halogens is 1. The van der Waals surface area contributed by atoms with Gasteiger partial charge in [0.2, 0.25) is 0 Å². The van der Waals surface area contributed by atoms with Crippen LogP contribution in [0.5, 0.6) is 0 Å². The van der Waals surface area contributed by atoms with Crippen LogP contribution in [0.1, 0.15) is 0 Å². The van der Waals surface area contributed by atoms with Crippen molar-refractivity contribution < 1.29 is 0 Å². The first-order valence-electron chi connectivity index (χ1n) is 7.49. The fraction of sp³-hybridized carbons (Fsp3) is 0. The van der Waals surface area contributed by atoms with E-state index in [1.807, 2.05) is 23.5 Å². The summed E-state index contributed by atoms with van der Waals surface area (Å²) in [5.41, 5.74) is 2.35. The lowest BCUT2D eigenvalue weighted by molar-refractivity contribution is 1.22. The maximum atomic E-state index is 6.51. The number of hydrogen-bond donors (Lipinski definition) is 0. The van der Waals surface area contributed by atoms with Gasteiger partial charge in [0.1, 0.15) is 5.00 Å². The summed E-state index contributed by atoms with van der Waals surface area (Å²) in [6, 6.07) is 25.4. The van der Waals surface area contributed by atoms with Gasteiger partial charge in [-0.2, -0.15) is 0 Å². The lowest BCUT2D eigenvalue weighted by Crippen LogP contribution is -1.89. The molecule has 110 valence electrons. The fourth-order valence-electron chi connectivity index (χ4n) is 3.29. The number of rotatable bonds is 1. The number of hydrogen-bond acceptors (Lipinski definition) is 1. The van der Waals surface area contributed by atoms with E-state index in [4.69, 9.17) is 11.6 Å². The van der Waals surface area contributed by atoms with E-state index < -0.39 is 0 Å². The van der Waals surface area contributed by atoms with Gasteiger partial charge in [-0.25, -0.2) is 0 Å². The topological polar surface area (TPSA) is 4.93 Å². The molecule has 0 radical (unpaired) electrons. The van der Waals surface area contributed by atoms with Crippen LogP contribution >= 0.6 is 22.9 Å². The average molecular weight is 334 g/mol. The lowest BCUT2D eigenvalue weighted by atomic mass is 10.1. The van der Waals surface area contributed by atoms with Gasteiger partial charge in [-0.3, -0.25) is 0 Å². The molecule has 0 spiro atoms. The number of aromatic nitrogens is 1. The highest BCUT2D eigenvalue weighted by Gasteiger charge is 2.15. The molecule has 2 heterocycles. The molecule has 3 heteroatoms. The molecule has 0 N–H and O–H groups in total. The quantitative estimate of drug-likeness (QED) is 0.323. The van der Waals surface area contributed by atoms with Gasteiger partial charge < -0.3 is 4.57 Å². The summed E-state index contributed by atoms with van der Waals surface area (Å²) in [4.78, 5) is 0. The Morgan fingerprint density at radius 1 is 0.783 bits per heavy atom. The van der Waals surface area contributed by atoms with Crippen LogP contribution in [0.15, 0.2) is 72.8 Å². The minimum atomic E-state index is 0.804. The normalized spacial score (nSPS) is 11.7. The Morgan fingerprint density at radius 3 is 2.48 bits per heavy atom. The molecule has 3 aromatic carbocycles. The summed E-state index contributed by atoms with van der Waals surface area (Å²) in [5, 5.41) is 5.63. The zero-order chi connectivity index (χ0) is 15.4. The second-order valence-electron chi connectivity index (χ2n) is 5.61. The Balaban J connectivity index is 1.98. The first-order chi connectivity index (χ1) is 11.3. The number of fused-ring (bicyclic) bond motifs is 4.